The quantitative estimate of drug-likeness (QED) is 0.214. The summed E-state index contributed by atoms with van der Waals surface area (Å²) in [6.45, 7) is 2.06. The van der Waals surface area contributed by atoms with E-state index in [1.807, 2.05) is 60.7 Å². The first-order valence-electron chi connectivity index (χ1n) is 14.2. The number of carbonyl (C=O) groups excluding carboxylic acids is 1. The van der Waals surface area contributed by atoms with Crippen molar-refractivity contribution in [1.29, 1.82) is 5.26 Å². The molecule has 0 spiro atoms. The first-order valence-corrected chi connectivity index (χ1v) is 15.0. The molecule has 0 saturated carbocycles. The molecule has 0 radical (unpaired) electrons. The number of hydrogen-bond acceptors (Lipinski definition) is 7. The maximum atomic E-state index is 14.1. The largest absolute Gasteiger partial charge is 0.489 e. The molecular weight excluding hydrogens is 589 g/mol. The van der Waals surface area contributed by atoms with Gasteiger partial charge in [0.2, 0.25) is 0 Å². The van der Waals surface area contributed by atoms with Crippen molar-refractivity contribution in [3.8, 4) is 11.8 Å². The lowest BCUT2D eigenvalue weighted by molar-refractivity contribution is -0.138. The van der Waals surface area contributed by atoms with Crippen molar-refractivity contribution in [2.24, 2.45) is 4.99 Å². The fourth-order valence-corrected chi connectivity index (χ4v) is 6.16. The van der Waals surface area contributed by atoms with E-state index in [-0.39, 0.29) is 24.3 Å². The van der Waals surface area contributed by atoms with Gasteiger partial charge in [-0.25, -0.2) is 14.2 Å². The van der Waals surface area contributed by atoms with Crippen LogP contribution in [0.2, 0.25) is 0 Å². The van der Waals surface area contributed by atoms with E-state index in [2.05, 4.69) is 6.07 Å². The van der Waals surface area contributed by atoms with Gasteiger partial charge >= 0.3 is 5.97 Å². The summed E-state index contributed by atoms with van der Waals surface area (Å²) in [6, 6.07) is 30.8. The summed E-state index contributed by atoms with van der Waals surface area (Å²) in [4.78, 5) is 32.8. The Labute approximate surface area is 262 Å². The van der Waals surface area contributed by atoms with Crippen molar-refractivity contribution in [2.45, 2.75) is 19.6 Å². The molecular formula is C36H26FN3O4S. The summed E-state index contributed by atoms with van der Waals surface area (Å²) >= 11 is 1.20. The number of rotatable bonds is 8. The Balaban J connectivity index is 1.47. The Morgan fingerprint density at radius 1 is 1.02 bits per heavy atom. The van der Waals surface area contributed by atoms with Crippen LogP contribution in [-0.2, 0) is 16.1 Å². The summed E-state index contributed by atoms with van der Waals surface area (Å²) < 4.78 is 27.3. The zero-order valence-corrected chi connectivity index (χ0v) is 25.0. The number of nitriles is 1. The average Bonchev–Trinajstić information content (AvgIpc) is 3.38. The van der Waals surface area contributed by atoms with Gasteiger partial charge < -0.3 is 9.47 Å². The molecule has 7 nitrogen and oxygen atoms in total. The molecule has 4 aromatic carbocycles. The molecule has 222 valence electrons. The molecule has 0 saturated heterocycles. The van der Waals surface area contributed by atoms with E-state index >= 15 is 0 Å². The molecule has 0 aliphatic carbocycles. The standard InChI is InChI=1S/C36H26FN3O4S/c1-2-43-35(42)31-32(24-10-4-3-5-11-24)39-36-40(33(31)25-15-17-28(37)18-16-25)34(41)30(45-36)20-23-9-8-14-29(19-23)44-22-27-13-7-6-12-26(27)21-38/h3-20,33H,2,22H2,1H3/b30-20-/t33-/m0/s1. The highest BCUT2D eigenvalue weighted by Crippen LogP contribution is 2.35. The smallest absolute Gasteiger partial charge is 0.338 e. The van der Waals surface area contributed by atoms with Gasteiger partial charge in [0.05, 0.1) is 40.1 Å². The Morgan fingerprint density at radius 2 is 1.78 bits per heavy atom. The number of carbonyl (C=O) groups is 1. The van der Waals surface area contributed by atoms with Crippen LogP contribution in [0.15, 0.2) is 118 Å². The van der Waals surface area contributed by atoms with Crippen molar-refractivity contribution in [2.75, 3.05) is 6.61 Å². The molecule has 5 aromatic rings. The fourth-order valence-electron chi connectivity index (χ4n) is 5.16. The monoisotopic (exact) mass is 615 g/mol. The average molecular weight is 616 g/mol. The second-order valence-electron chi connectivity index (χ2n) is 10.1. The van der Waals surface area contributed by atoms with E-state index in [1.54, 1.807) is 43.3 Å². The van der Waals surface area contributed by atoms with Crippen LogP contribution < -0.4 is 19.6 Å². The third-order valence-corrected chi connectivity index (χ3v) is 8.23. The van der Waals surface area contributed by atoms with Crippen LogP contribution in [0.3, 0.4) is 0 Å². The summed E-state index contributed by atoms with van der Waals surface area (Å²) in [5.74, 6) is -0.467. The van der Waals surface area contributed by atoms with Gasteiger partial charge in [-0.3, -0.25) is 9.36 Å². The van der Waals surface area contributed by atoms with Gasteiger partial charge in [0, 0.05) is 11.1 Å². The summed E-state index contributed by atoms with van der Waals surface area (Å²) in [7, 11) is 0. The normalized spacial score (nSPS) is 14.3. The fraction of sp³-hybridized carbons (Fsp3) is 0.111. The topological polar surface area (TPSA) is 93.7 Å². The zero-order valence-electron chi connectivity index (χ0n) is 24.1. The Kier molecular flexibility index (Phi) is 8.49. The lowest BCUT2D eigenvalue weighted by atomic mass is 9.93. The van der Waals surface area contributed by atoms with Gasteiger partial charge in [-0.15, -0.1) is 0 Å². The molecule has 6 rings (SSSR count). The summed E-state index contributed by atoms with van der Waals surface area (Å²) in [5.41, 5.74) is 3.50. The third-order valence-electron chi connectivity index (χ3n) is 7.25. The Morgan fingerprint density at radius 3 is 2.53 bits per heavy atom. The van der Waals surface area contributed by atoms with Crippen molar-refractivity contribution in [1.82, 2.24) is 4.57 Å². The molecule has 0 amide bonds. The maximum Gasteiger partial charge on any atom is 0.338 e. The van der Waals surface area contributed by atoms with Gasteiger partial charge in [0.25, 0.3) is 5.56 Å². The second-order valence-corrected chi connectivity index (χ2v) is 11.1. The molecule has 45 heavy (non-hydrogen) atoms. The molecule has 0 fully saturated rings. The lowest BCUT2D eigenvalue weighted by Crippen LogP contribution is -2.40. The predicted molar refractivity (Wildman–Crippen MR) is 169 cm³/mol. The van der Waals surface area contributed by atoms with E-state index in [1.165, 1.54) is 28.0 Å². The number of thiazole rings is 1. The lowest BCUT2D eigenvalue weighted by Gasteiger charge is -2.25. The number of ether oxygens (including phenoxy) is 2. The molecule has 0 bridgehead atoms. The number of fused-ring (bicyclic) bond motifs is 1. The minimum Gasteiger partial charge on any atom is -0.489 e. The Hall–Kier alpha value is -5.59. The Bertz CT molecular complexity index is 2150. The van der Waals surface area contributed by atoms with Crippen LogP contribution in [0.1, 0.15) is 40.8 Å². The highest BCUT2D eigenvalue weighted by molar-refractivity contribution is 7.07. The van der Waals surface area contributed by atoms with Crippen LogP contribution in [0.25, 0.3) is 11.8 Å². The molecule has 1 aliphatic rings. The predicted octanol–water partition coefficient (Wildman–Crippen LogP) is 5.53. The van der Waals surface area contributed by atoms with Crippen LogP contribution in [-0.4, -0.2) is 17.1 Å². The number of halogens is 1. The molecule has 0 unspecified atom stereocenters. The SMILES string of the molecule is CCOC(=O)C1=C(c2ccccc2)N=c2s/c(=C\c3cccc(OCc4ccccc4C#N)c3)c(=O)n2[C@H]1c1ccc(F)cc1. The van der Waals surface area contributed by atoms with Crippen molar-refractivity contribution >= 4 is 29.1 Å². The van der Waals surface area contributed by atoms with Gasteiger partial charge in [0.1, 0.15) is 18.2 Å². The van der Waals surface area contributed by atoms with E-state index in [4.69, 9.17) is 14.5 Å². The van der Waals surface area contributed by atoms with Crippen molar-refractivity contribution in [3.63, 3.8) is 0 Å². The first-order chi connectivity index (χ1) is 22.0. The number of esters is 1. The van der Waals surface area contributed by atoms with Gasteiger partial charge in [-0.2, -0.15) is 5.26 Å². The van der Waals surface area contributed by atoms with E-state index < -0.39 is 17.8 Å². The minimum absolute atomic E-state index is 0.130. The van der Waals surface area contributed by atoms with Crippen molar-refractivity contribution in [3.05, 3.63) is 162 Å². The molecule has 2 heterocycles. The molecule has 1 atom stereocenters. The molecule has 1 aromatic heterocycles. The van der Waals surface area contributed by atoms with E-state index in [0.717, 1.165) is 11.1 Å². The summed E-state index contributed by atoms with van der Waals surface area (Å²) in [6.07, 6.45) is 1.75. The third kappa shape index (κ3) is 6.09. The number of nitrogens with zero attached hydrogens (tertiary/aromatic N) is 3. The number of hydrogen-bond donors (Lipinski definition) is 0. The van der Waals surface area contributed by atoms with Crippen LogP contribution in [0.5, 0.6) is 5.75 Å². The highest BCUT2D eigenvalue weighted by atomic mass is 32.1. The van der Waals surface area contributed by atoms with E-state index in [0.29, 0.717) is 37.5 Å². The molecule has 0 N–H and O–H groups in total. The van der Waals surface area contributed by atoms with Crippen LogP contribution in [0.4, 0.5) is 4.39 Å². The minimum atomic E-state index is -0.895. The second kappa shape index (κ2) is 13.0. The molecule has 1 aliphatic heterocycles. The molecule has 9 heteroatoms. The zero-order chi connectivity index (χ0) is 31.3. The van der Waals surface area contributed by atoms with Crippen LogP contribution >= 0.6 is 11.3 Å². The number of benzene rings is 4. The van der Waals surface area contributed by atoms with Crippen molar-refractivity contribution < 1.29 is 18.7 Å². The first kappa shape index (κ1) is 29.5. The maximum absolute atomic E-state index is 14.1. The van der Waals surface area contributed by atoms with Gasteiger partial charge in [0.15, 0.2) is 4.80 Å². The number of aromatic nitrogens is 1. The summed E-state index contributed by atoms with van der Waals surface area (Å²) in [5, 5.41) is 9.38. The van der Waals surface area contributed by atoms with Gasteiger partial charge in [-0.1, -0.05) is 84.1 Å². The van der Waals surface area contributed by atoms with Crippen LogP contribution in [0, 0.1) is 17.1 Å². The van der Waals surface area contributed by atoms with E-state index in [9.17, 15) is 19.2 Å². The van der Waals surface area contributed by atoms with Gasteiger partial charge in [-0.05, 0) is 54.5 Å². The highest BCUT2D eigenvalue weighted by Gasteiger charge is 2.35.